The molecule has 2 heterocycles. The van der Waals surface area contributed by atoms with E-state index in [-0.39, 0.29) is 0 Å². The number of rotatable bonds is 2. The van der Waals surface area contributed by atoms with Crippen molar-refractivity contribution < 1.29 is 5.11 Å². The Bertz CT molecular complexity index is 358. The second-order valence-electron chi connectivity index (χ2n) is 2.66. The quantitative estimate of drug-likeness (QED) is 0.712. The number of imidazole rings is 1. The zero-order valence-electron chi connectivity index (χ0n) is 6.88. The van der Waals surface area contributed by atoms with Crippen LogP contribution < -0.4 is 0 Å². The van der Waals surface area contributed by atoms with Gasteiger partial charge in [0.15, 0.2) is 0 Å². The highest BCUT2D eigenvalue weighted by Crippen LogP contribution is 2.16. The van der Waals surface area contributed by atoms with Gasteiger partial charge in [0.05, 0.1) is 0 Å². The van der Waals surface area contributed by atoms with Crippen molar-refractivity contribution in [2.24, 2.45) is 0 Å². The lowest BCUT2D eigenvalue weighted by molar-refractivity contribution is 0.210. The number of hydrogen-bond donors (Lipinski definition) is 2. The molecule has 0 aliphatic heterocycles. The lowest BCUT2D eigenvalue weighted by atomic mass is 10.1. The van der Waals surface area contributed by atoms with Gasteiger partial charge in [-0.3, -0.25) is 4.98 Å². The maximum Gasteiger partial charge on any atom is 0.139 e. The van der Waals surface area contributed by atoms with Crippen LogP contribution in [0.3, 0.4) is 0 Å². The molecule has 2 N–H and O–H groups in total. The predicted octanol–water partition coefficient (Wildman–Crippen LogP) is 0.886. The van der Waals surface area contributed by atoms with Crippen LogP contribution in [0, 0.1) is 0 Å². The number of pyridine rings is 1. The van der Waals surface area contributed by atoms with E-state index in [1.165, 1.54) is 0 Å². The van der Waals surface area contributed by atoms with Crippen LogP contribution in [0.5, 0.6) is 0 Å². The summed E-state index contributed by atoms with van der Waals surface area (Å²) in [5.74, 6) is 0.535. The Balaban J connectivity index is 2.29. The fourth-order valence-corrected chi connectivity index (χ4v) is 1.12. The Morgan fingerprint density at radius 1 is 1.38 bits per heavy atom. The summed E-state index contributed by atoms with van der Waals surface area (Å²) < 4.78 is 0. The van der Waals surface area contributed by atoms with Crippen LogP contribution in [-0.4, -0.2) is 20.1 Å². The zero-order chi connectivity index (χ0) is 9.10. The number of aromatic nitrogens is 3. The smallest absolute Gasteiger partial charge is 0.139 e. The average Bonchev–Trinajstić information content (AvgIpc) is 2.71. The standard InChI is InChI=1S/C9H9N3O/c13-8(9-11-4-5-12-9)7-2-1-3-10-6-7/h1-6,8,13H,(H,11,12)/t8-/m0/s1. The first-order valence-corrected chi connectivity index (χ1v) is 3.95. The molecule has 0 spiro atoms. The lowest BCUT2D eigenvalue weighted by Crippen LogP contribution is -2.01. The molecule has 0 aromatic carbocycles. The Morgan fingerprint density at radius 2 is 2.31 bits per heavy atom. The molecule has 0 radical (unpaired) electrons. The van der Waals surface area contributed by atoms with E-state index in [0.29, 0.717) is 5.82 Å². The number of aliphatic hydroxyl groups is 1. The van der Waals surface area contributed by atoms with Gasteiger partial charge in [-0.05, 0) is 6.07 Å². The summed E-state index contributed by atoms with van der Waals surface area (Å²) in [6.45, 7) is 0. The molecule has 0 saturated heterocycles. The molecule has 0 bridgehead atoms. The second-order valence-corrected chi connectivity index (χ2v) is 2.66. The molecule has 1 atom stereocenters. The number of H-pyrrole nitrogens is 1. The van der Waals surface area contributed by atoms with Crippen LogP contribution in [0.2, 0.25) is 0 Å². The summed E-state index contributed by atoms with van der Waals surface area (Å²) in [5.41, 5.74) is 0.734. The first-order valence-electron chi connectivity index (χ1n) is 3.95. The van der Waals surface area contributed by atoms with Gasteiger partial charge in [-0.15, -0.1) is 0 Å². The summed E-state index contributed by atoms with van der Waals surface area (Å²) in [6, 6.07) is 3.58. The van der Waals surface area contributed by atoms with Gasteiger partial charge >= 0.3 is 0 Å². The molecule has 13 heavy (non-hydrogen) atoms. The molecule has 4 nitrogen and oxygen atoms in total. The molecular formula is C9H9N3O. The van der Waals surface area contributed by atoms with Crippen LogP contribution in [-0.2, 0) is 0 Å². The minimum atomic E-state index is -0.719. The lowest BCUT2D eigenvalue weighted by Gasteiger charge is -2.06. The molecule has 66 valence electrons. The predicted molar refractivity (Wildman–Crippen MR) is 46.9 cm³/mol. The maximum absolute atomic E-state index is 9.75. The van der Waals surface area contributed by atoms with Crippen molar-refractivity contribution in [2.75, 3.05) is 0 Å². The summed E-state index contributed by atoms with van der Waals surface area (Å²) in [4.78, 5) is 10.7. The third-order valence-electron chi connectivity index (χ3n) is 1.78. The zero-order valence-corrected chi connectivity index (χ0v) is 6.88. The van der Waals surface area contributed by atoms with Crippen LogP contribution in [0.1, 0.15) is 17.5 Å². The van der Waals surface area contributed by atoms with E-state index < -0.39 is 6.10 Å². The summed E-state index contributed by atoms with van der Waals surface area (Å²) in [5, 5.41) is 9.75. The van der Waals surface area contributed by atoms with E-state index in [0.717, 1.165) is 5.56 Å². The Labute approximate surface area is 75.3 Å². The van der Waals surface area contributed by atoms with Gasteiger partial charge in [0, 0.05) is 30.4 Å². The number of nitrogens with zero attached hydrogens (tertiary/aromatic N) is 2. The number of hydrogen-bond acceptors (Lipinski definition) is 3. The minimum absolute atomic E-state index is 0.535. The fourth-order valence-electron chi connectivity index (χ4n) is 1.12. The van der Waals surface area contributed by atoms with Gasteiger partial charge in [-0.25, -0.2) is 4.98 Å². The molecule has 2 rings (SSSR count). The van der Waals surface area contributed by atoms with Crippen molar-refractivity contribution in [3.8, 4) is 0 Å². The first kappa shape index (κ1) is 7.94. The Kier molecular flexibility index (Phi) is 2.06. The van der Waals surface area contributed by atoms with Gasteiger partial charge < -0.3 is 10.1 Å². The van der Waals surface area contributed by atoms with Crippen molar-refractivity contribution in [1.29, 1.82) is 0 Å². The molecule has 0 aliphatic carbocycles. The SMILES string of the molecule is O[C@@H](c1cccnc1)c1ncc[nH]1. The van der Waals surface area contributed by atoms with Gasteiger partial charge in [-0.1, -0.05) is 6.07 Å². The molecule has 0 amide bonds. The largest absolute Gasteiger partial charge is 0.380 e. The van der Waals surface area contributed by atoms with Crippen LogP contribution >= 0.6 is 0 Å². The molecule has 4 heteroatoms. The van der Waals surface area contributed by atoms with Crippen molar-refractivity contribution in [3.05, 3.63) is 48.3 Å². The average molecular weight is 175 g/mol. The van der Waals surface area contributed by atoms with E-state index in [9.17, 15) is 5.11 Å². The normalized spacial score (nSPS) is 12.7. The number of aliphatic hydroxyl groups excluding tert-OH is 1. The minimum Gasteiger partial charge on any atom is -0.380 e. The monoisotopic (exact) mass is 175 g/mol. The van der Waals surface area contributed by atoms with E-state index >= 15 is 0 Å². The topological polar surface area (TPSA) is 61.8 Å². The van der Waals surface area contributed by atoms with Crippen molar-refractivity contribution in [1.82, 2.24) is 15.0 Å². The number of nitrogens with one attached hydrogen (secondary N) is 1. The van der Waals surface area contributed by atoms with Crippen LogP contribution in [0.15, 0.2) is 36.9 Å². The molecule has 0 saturated carbocycles. The van der Waals surface area contributed by atoms with Crippen molar-refractivity contribution in [3.63, 3.8) is 0 Å². The molecule has 0 unspecified atom stereocenters. The Hall–Kier alpha value is -1.68. The first-order chi connectivity index (χ1) is 6.38. The summed E-state index contributed by atoms with van der Waals surface area (Å²) >= 11 is 0. The maximum atomic E-state index is 9.75. The summed E-state index contributed by atoms with van der Waals surface area (Å²) in [7, 11) is 0. The highest BCUT2D eigenvalue weighted by Gasteiger charge is 2.11. The highest BCUT2D eigenvalue weighted by atomic mass is 16.3. The molecule has 0 aliphatic rings. The third-order valence-corrected chi connectivity index (χ3v) is 1.78. The van der Waals surface area contributed by atoms with Crippen molar-refractivity contribution in [2.45, 2.75) is 6.10 Å². The van der Waals surface area contributed by atoms with E-state index in [1.807, 2.05) is 0 Å². The van der Waals surface area contributed by atoms with E-state index in [4.69, 9.17) is 0 Å². The molecule has 2 aromatic rings. The molecule has 2 aromatic heterocycles. The van der Waals surface area contributed by atoms with Crippen LogP contribution in [0.4, 0.5) is 0 Å². The highest BCUT2D eigenvalue weighted by molar-refractivity contribution is 5.18. The van der Waals surface area contributed by atoms with E-state index in [1.54, 1.807) is 36.9 Å². The summed E-state index contributed by atoms with van der Waals surface area (Å²) in [6.07, 6.45) is 5.85. The van der Waals surface area contributed by atoms with E-state index in [2.05, 4.69) is 15.0 Å². The third kappa shape index (κ3) is 1.57. The van der Waals surface area contributed by atoms with Crippen LogP contribution in [0.25, 0.3) is 0 Å². The fraction of sp³-hybridized carbons (Fsp3) is 0.111. The van der Waals surface area contributed by atoms with Gasteiger partial charge in [0.1, 0.15) is 11.9 Å². The number of aromatic amines is 1. The van der Waals surface area contributed by atoms with Gasteiger partial charge in [-0.2, -0.15) is 0 Å². The van der Waals surface area contributed by atoms with Gasteiger partial charge in [0.25, 0.3) is 0 Å². The second kappa shape index (κ2) is 3.37. The van der Waals surface area contributed by atoms with Gasteiger partial charge in [0.2, 0.25) is 0 Å². The molecular weight excluding hydrogens is 166 g/mol. The van der Waals surface area contributed by atoms with Crippen molar-refractivity contribution >= 4 is 0 Å². The molecule has 0 fully saturated rings. The Morgan fingerprint density at radius 3 is 2.92 bits per heavy atom.